The van der Waals surface area contributed by atoms with Crippen molar-refractivity contribution in [2.75, 3.05) is 17.3 Å². The van der Waals surface area contributed by atoms with Crippen molar-refractivity contribution in [2.45, 2.75) is 4.90 Å². The maximum absolute atomic E-state index is 11.3. The number of anilines is 3. The summed E-state index contributed by atoms with van der Waals surface area (Å²) in [7, 11) is 0. The number of benzene rings is 2. The minimum Gasteiger partial charge on any atom is -0.478 e. The predicted molar refractivity (Wildman–Crippen MR) is 84.3 cm³/mol. The summed E-state index contributed by atoms with van der Waals surface area (Å²) in [5.41, 5.74) is 7.08. The highest BCUT2D eigenvalue weighted by atomic mass is 35.5. The third-order valence-corrected chi connectivity index (χ3v) is 3.74. The lowest BCUT2D eigenvalue weighted by atomic mass is 10.1. The summed E-state index contributed by atoms with van der Waals surface area (Å²) in [5, 5.41) is 12.5. The van der Waals surface area contributed by atoms with E-state index in [2.05, 4.69) is 5.32 Å². The molecule has 2 aromatic carbocycles. The van der Waals surface area contributed by atoms with Gasteiger partial charge in [-0.1, -0.05) is 11.6 Å². The Morgan fingerprint density at radius 2 is 1.95 bits per heavy atom. The Morgan fingerprint density at radius 3 is 2.50 bits per heavy atom. The van der Waals surface area contributed by atoms with E-state index in [0.29, 0.717) is 11.4 Å². The Kier molecular flexibility index (Phi) is 4.42. The van der Waals surface area contributed by atoms with Gasteiger partial charge in [-0.05, 0) is 42.7 Å². The summed E-state index contributed by atoms with van der Waals surface area (Å²) in [5.74, 6) is -1.08. The number of thioether (sulfide) groups is 1. The van der Waals surface area contributed by atoms with Crippen molar-refractivity contribution in [1.29, 1.82) is 0 Å². The van der Waals surface area contributed by atoms with Gasteiger partial charge in [-0.2, -0.15) is 0 Å². The minimum absolute atomic E-state index is 0.0453. The summed E-state index contributed by atoms with van der Waals surface area (Å²) < 4.78 is 0. The number of rotatable bonds is 4. The molecule has 0 aliphatic carbocycles. The summed E-state index contributed by atoms with van der Waals surface area (Å²) in [6.07, 6.45) is 1.99. The molecule has 0 saturated carbocycles. The topological polar surface area (TPSA) is 75.3 Å². The van der Waals surface area contributed by atoms with Crippen LogP contribution in [0.15, 0.2) is 41.3 Å². The zero-order valence-corrected chi connectivity index (χ0v) is 12.3. The van der Waals surface area contributed by atoms with Crippen molar-refractivity contribution >= 4 is 46.4 Å². The molecule has 0 aliphatic heterocycles. The lowest BCUT2D eigenvalue weighted by Crippen LogP contribution is -2.04. The standard InChI is InChI=1S/C14H13ClN2O2S/c1-20-10-4-2-9(3-5-10)17-13-11(14(18)19)6-8(16)7-12(13)15/h2-7,17H,16H2,1H3,(H,18,19). The average Bonchev–Trinajstić information content (AvgIpc) is 2.42. The van der Waals surface area contributed by atoms with Gasteiger partial charge in [0.25, 0.3) is 0 Å². The van der Waals surface area contributed by atoms with Crippen LogP contribution in [0.25, 0.3) is 0 Å². The number of carbonyl (C=O) groups is 1. The highest BCUT2D eigenvalue weighted by molar-refractivity contribution is 7.98. The van der Waals surface area contributed by atoms with E-state index in [4.69, 9.17) is 17.3 Å². The van der Waals surface area contributed by atoms with Gasteiger partial charge < -0.3 is 16.2 Å². The van der Waals surface area contributed by atoms with E-state index in [1.165, 1.54) is 12.1 Å². The number of aromatic carboxylic acids is 1. The Morgan fingerprint density at radius 1 is 1.30 bits per heavy atom. The van der Waals surface area contributed by atoms with Gasteiger partial charge in [-0.15, -0.1) is 11.8 Å². The van der Waals surface area contributed by atoms with Crippen LogP contribution in [0.3, 0.4) is 0 Å². The molecule has 104 valence electrons. The first kappa shape index (κ1) is 14.6. The second kappa shape index (κ2) is 6.07. The number of nitrogens with one attached hydrogen (secondary N) is 1. The van der Waals surface area contributed by atoms with E-state index in [9.17, 15) is 9.90 Å². The molecule has 4 N–H and O–H groups in total. The molecular formula is C14H13ClN2O2S. The second-order valence-corrected chi connectivity index (χ2v) is 5.37. The van der Waals surface area contributed by atoms with E-state index in [0.717, 1.165) is 10.6 Å². The normalized spacial score (nSPS) is 10.3. The molecule has 0 saturated heterocycles. The first-order valence-electron chi connectivity index (χ1n) is 5.74. The lowest BCUT2D eigenvalue weighted by Gasteiger charge is -2.13. The highest BCUT2D eigenvalue weighted by Gasteiger charge is 2.15. The number of nitrogen functional groups attached to an aromatic ring is 1. The summed E-state index contributed by atoms with van der Waals surface area (Å²) >= 11 is 7.71. The lowest BCUT2D eigenvalue weighted by molar-refractivity contribution is 0.0698. The van der Waals surface area contributed by atoms with E-state index in [-0.39, 0.29) is 10.6 Å². The minimum atomic E-state index is -1.08. The zero-order valence-electron chi connectivity index (χ0n) is 10.7. The van der Waals surface area contributed by atoms with Crippen molar-refractivity contribution in [3.63, 3.8) is 0 Å². The van der Waals surface area contributed by atoms with Gasteiger partial charge in [0.2, 0.25) is 0 Å². The second-order valence-electron chi connectivity index (χ2n) is 4.08. The third kappa shape index (κ3) is 3.18. The molecule has 0 heterocycles. The van der Waals surface area contributed by atoms with Crippen LogP contribution in [-0.2, 0) is 0 Å². The maximum Gasteiger partial charge on any atom is 0.337 e. The first-order valence-corrected chi connectivity index (χ1v) is 7.35. The smallest absolute Gasteiger partial charge is 0.337 e. The van der Waals surface area contributed by atoms with Crippen molar-refractivity contribution in [2.24, 2.45) is 0 Å². The number of carboxylic acid groups (broad SMARTS) is 1. The summed E-state index contributed by atoms with van der Waals surface area (Å²) in [6.45, 7) is 0. The van der Waals surface area contributed by atoms with Crippen molar-refractivity contribution in [3.05, 3.63) is 47.0 Å². The van der Waals surface area contributed by atoms with Crippen LogP contribution >= 0.6 is 23.4 Å². The molecule has 6 heteroatoms. The Labute approximate surface area is 125 Å². The fourth-order valence-electron chi connectivity index (χ4n) is 1.74. The fourth-order valence-corrected chi connectivity index (χ4v) is 2.43. The molecule has 0 aromatic heterocycles. The Bertz CT molecular complexity index is 644. The van der Waals surface area contributed by atoms with E-state index in [1.807, 2.05) is 30.5 Å². The fraction of sp³-hybridized carbons (Fsp3) is 0.0714. The zero-order chi connectivity index (χ0) is 14.7. The van der Waals surface area contributed by atoms with E-state index >= 15 is 0 Å². The number of carboxylic acids is 1. The van der Waals surface area contributed by atoms with Gasteiger partial charge >= 0.3 is 5.97 Å². The summed E-state index contributed by atoms with van der Waals surface area (Å²) in [4.78, 5) is 12.4. The highest BCUT2D eigenvalue weighted by Crippen LogP contribution is 2.32. The largest absolute Gasteiger partial charge is 0.478 e. The molecule has 20 heavy (non-hydrogen) atoms. The van der Waals surface area contributed by atoms with E-state index < -0.39 is 5.97 Å². The maximum atomic E-state index is 11.3. The van der Waals surface area contributed by atoms with Crippen LogP contribution < -0.4 is 11.1 Å². The molecule has 0 amide bonds. The van der Waals surface area contributed by atoms with Crippen molar-refractivity contribution < 1.29 is 9.90 Å². The first-order chi connectivity index (χ1) is 9.51. The van der Waals surface area contributed by atoms with Gasteiger partial charge in [0.15, 0.2) is 0 Å². The molecule has 2 aromatic rings. The molecule has 0 spiro atoms. The van der Waals surface area contributed by atoms with E-state index in [1.54, 1.807) is 11.8 Å². The quantitative estimate of drug-likeness (QED) is 0.586. The summed E-state index contributed by atoms with van der Waals surface area (Å²) in [6, 6.07) is 10.5. The van der Waals surface area contributed by atoms with Crippen molar-refractivity contribution in [3.8, 4) is 0 Å². The van der Waals surface area contributed by atoms with Gasteiger partial charge in [-0.3, -0.25) is 0 Å². The van der Waals surface area contributed by atoms with Gasteiger partial charge in [0, 0.05) is 16.3 Å². The van der Waals surface area contributed by atoms with Gasteiger partial charge in [0.05, 0.1) is 16.3 Å². The molecule has 0 bridgehead atoms. The Balaban J connectivity index is 2.39. The average molecular weight is 309 g/mol. The monoisotopic (exact) mass is 308 g/mol. The molecule has 0 atom stereocenters. The third-order valence-electron chi connectivity index (χ3n) is 2.70. The van der Waals surface area contributed by atoms with Crippen LogP contribution in [0, 0.1) is 0 Å². The molecule has 0 radical (unpaired) electrons. The molecule has 0 fully saturated rings. The van der Waals surface area contributed by atoms with Crippen LogP contribution in [0.2, 0.25) is 5.02 Å². The van der Waals surface area contributed by atoms with Crippen LogP contribution in [-0.4, -0.2) is 17.3 Å². The molecule has 0 aliphatic rings. The van der Waals surface area contributed by atoms with Crippen molar-refractivity contribution in [1.82, 2.24) is 0 Å². The number of hydrogen-bond donors (Lipinski definition) is 3. The Hall–Kier alpha value is -1.85. The molecule has 0 unspecified atom stereocenters. The molecular weight excluding hydrogens is 296 g/mol. The number of halogens is 1. The van der Waals surface area contributed by atoms with Gasteiger partial charge in [0.1, 0.15) is 0 Å². The van der Waals surface area contributed by atoms with Gasteiger partial charge in [-0.25, -0.2) is 4.79 Å². The SMILES string of the molecule is CSc1ccc(Nc2c(Cl)cc(N)cc2C(=O)O)cc1. The van der Waals surface area contributed by atoms with Crippen LogP contribution in [0.4, 0.5) is 17.1 Å². The van der Waals surface area contributed by atoms with Crippen LogP contribution in [0.5, 0.6) is 0 Å². The van der Waals surface area contributed by atoms with Crippen LogP contribution in [0.1, 0.15) is 10.4 Å². The molecule has 4 nitrogen and oxygen atoms in total. The molecule has 2 rings (SSSR count). The number of nitrogens with two attached hydrogens (primary N) is 1. The number of hydrogen-bond acceptors (Lipinski definition) is 4. The predicted octanol–water partition coefficient (Wildman–Crippen LogP) is 4.09.